The van der Waals surface area contributed by atoms with Crippen molar-refractivity contribution in [1.82, 2.24) is 14.9 Å². The zero-order valence-corrected chi connectivity index (χ0v) is 13.5. The average Bonchev–Trinajstić information content (AvgIpc) is 3.07. The fourth-order valence-electron chi connectivity index (χ4n) is 2.42. The molecule has 4 nitrogen and oxygen atoms in total. The molecule has 0 amide bonds. The van der Waals surface area contributed by atoms with Crippen LogP contribution in [0.15, 0.2) is 41.5 Å². The second kappa shape index (κ2) is 6.94. The SMILES string of the molecule is CC(CCc1ccco1)NC(Cn1ccnc1)C(C)(C)C. The van der Waals surface area contributed by atoms with Crippen LogP contribution in [0, 0.1) is 5.41 Å². The van der Waals surface area contributed by atoms with E-state index in [4.69, 9.17) is 4.42 Å². The first-order chi connectivity index (χ1) is 9.95. The third-order valence-corrected chi connectivity index (χ3v) is 3.89. The maximum Gasteiger partial charge on any atom is 0.103 e. The Morgan fingerprint density at radius 3 is 2.76 bits per heavy atom. The maximum atomic E-state index is 5.40. The number of nitrogens with zero attached hydrogens (tertiary/aromatic N) is 2. The number of furan rings is 1. The maximum absolute atomic E-state index is 5.40. The van der Waals surface area contributed by atoms with Crippen LogP contribution in [0.4, 0.5) is 0 Å². The Bertz CT molecular complexity index is 497. The van der Waals surface area contributed by atoms with Crippen LogP contribution in [-0.2, 0) is 13.0 Å². The van der Waals surface area contributed by atoms with E-state index in [0.29, 0.717) is 12.1 Å². The first-order valence-electron chi connectivity index (χ1n) is 7.69. The van der Waals surface area contributed by atoms with Crippen molar-refractivity contribution in [2.24, 2.45) is 5.41 Å². The molecule has 21 heavy (non-hydrogen) atoms. The van der Waals surface area contributed by atoms with Gasteiger partial charge < -0.3 is 14.3 Å². The van der Waals surface area contributed by atoms with Crippen molar-refractivity contribution in [2.45, 2.75) is 59.2 Å². The molecule has 0 aliphatic heterocycles. The Labute approximate surface area is 127 Å². The minimum atomic E-state index is 0.198. The third-order valence-electron chi connectivity index (χ3n) is 3.89. The van der Waals surface area contributed by atoms with Crippen LogP contribution in [0.1, 0.15) is 39.9 Å². The number of hydrogen-bond acceptors (Lipinski definition) is 3. The molecule has 0 radical (unpaired) electrons. The highest BCUT2D eigenvalue weighted by Crippen LogP contribution is 2.22. The fraction of sp³-hybridized carbons (Fsp3) is 0.588. The molecular formula is C17H27N3O. The lowest BCUT2D eigenvalue weighted by Gasteiger charge is -2.34. The lowest BCUT2D eigenvalue weighted by Crippen LogP contribution is -2.47. The molecule has 2 rings (SSSR count). The molecule has 1 N–H and O–H groups in total. The molecule has 0 aliphatic rings. The van der Waals surface area contributed by atoms with Crippen molar-refractivity contribution in [3.63, 3.8) is 0 Å². The van der Waals surface area contributed by atoms with Gasteiger partial charge in [-0.2, -0.15) is 0 Å². The Hall–Kier alpha value is -1.55. The topological polar surface area (TPSA) is 43.0 Å². The molecule has 2 aromatic heterocycles. The van der Waals surface area contributed by atoms with Gasteiger partial charge in [-0.1, -0.05) is 20.8 Å². The summed E-state index contributed by atoms with van der Waals surface area (Å²) in [5, 5.41) is 3.77. The van der Waals surface area contributed by atoms with Gasteiger partial charge in [0.15, 0.2) is 0 Å². The monoisotopic (exact) mass is 289 g/mol. The van der Waals surface area contributed by atoms with Gasteiger partial charge in [-0.15, -0.1) is 0 Å². The van der Waals surface area contributed by atoms with E-state index in [1.807, 2.05) is 30.9 Å². The molecule has 2 unspecified atom stereocenters. The highest BCUT2D eigenvalue weighted by atomic mass is 16.3. The Kier molecular flexibility index (Phi) is 5.23. The van der Waals surface area contributed by atoms with Crippen molar-refractivity contribution in [1.29, 1.82) is 0 Å². The van der Waals surface area contributed by atoms with Crippen molar-refractivity contribution in [3.8, 4) is 0 Å². The van der Waals surface area contributed by atoms with Gasteiger partial charge in [0.05, 0.1) is 12.6 Å². The van der Waals surface area contributed by atoms with Crippen LogP contribution in [0.2, 0.25) is 0 Å². The van der Waals surface area contributed by atoms with Gasteiger partial charge in [-0.05, 0) is 30.9 Å². The van der Waals surface area contributed by atoms with Gasteiger partial charge in [-0.25, -0.2) is 4.98 Å². The summed E-state index contributed by atoms with van der Waals surface area (Å²) in [5.74, 6) is 1.06. The smallest absolute Gasteiger partial charge is 0.103 e. The van der Waals surface area contributed by atoms with E-state index in [1.165, 1.54) is 0 Å². The van der Waals surface area contributed by atoms with E-state index < -0.39 is 0 Å². The largest absolute Gasteiger partial charge is 0.469 e. The second-order valence-electron chi connectivity index (χ2n) is 6.86. The van der Waals surface area contributed by atoms with Crippen LogP contribution in [0.25, 0.3) is 0 Å². The summed E-state index contributed by atoms with van der Waals surface area (Å²) in [6.07, 6.45) is 9.53. The van der Waals surface area contributed by atoms with Crippen molar-refractivity contribution in [2.75, 3.05) is 0 Å². The average molecular weight is 289 g/mol. The van der Waals surface area contributed by atoms with E-state index in [0.717, 1.165) is 25.1 Å². The summed E-state index contributed by atoms with van der Waals surface area (Å²) in [5.41, 5.74) is 0.198. The molecule has 2 heterocycles. The van der Waals surface area contributed by atoms with Gasteiger partial charge in [0.2, 0.25) is 0 Å². The molecule has 2 atom stereocenters. The first kappa shape index (κ1) is 15.8. The molecule has 0 spiro atoms. The molecule has 0 aliphatic carbocycles. The predicted octanol–water partition coefficient (Wildman–Crippen LogP) is 3.50. The molecule has 0 fully saturated rings. The molecule has 4 heteroatoms. The molecule has 116 valence electrons. The molecule has 2 aromatic rings. The minimum absolute atomic E-state index is 0.198. The van der Waals surface area contributed by atoms with E-state index in [2.05, 4.69) is 42.6 Å². The minimum Gasteiger partial charge on any atom is -0.469 e. The summed E-state index contributed by atoms with van der Waals surface area (Å²) < 4.78 is 7.54. The van der Waals surface area contributed by atoms with E-state index in [9.17, 15) is 0 Å². The standard InChI is InChI=1S/C17H27N3O/c1-14(7-8-15-6-5-11-21-15)19-16(17(2,3)4)12-20-10-9-18-13-20/h5-6,9-11,13-14,16,19H,7-8,12H2,1-4H3. The second-order valence-corrected chi connectivity index (χ2v) is 6.86. The highest BCUT2D eigenvalue weighted by Gasteiger charge is 2.26. The molecule has 0 saturated carbocycles. The summed E-state index contributed by atoms with van der Waals surface area (Å²) in [6.45, 7) is 10.0. The number of aryl methyl sites for hydroxylation is 1. The van der Waals surface area contributed by atoms with Crippen LogP contribution < -0.4 is 5.32 Å². The van der Waals surface area contributed by atoms with E-state index in [-0.39, 0.29) is 5.41 Å². The lowest BCUT2D eigenvalue weighted by atomic mass is 9.86. The Morgan fingerprint density at radius 1 is 1.38 bits per heavy atom. The van der Waals surface area contributed by atoms with Gasteiger partial charge in [0.25, 0.3) is 0 Å². The van der Waals surface area contributed by atoms with Gasteiger partial charge in [0.1, 0.15) is 5.76 Å². The Morgan fingerprint density at radius 2 is 2.19 bits per heavy atom. The summed E-state index contributed by atoms with van der Waals surface area (Å²) in [7, 11) is 0. The van der Waals surface area contributed by atoms with Crippen LogP contribution >= 0.6 is 0 Å². The zero-order valence-electron chi connectivity index (χ0n) is 13.5. The number of rotatable bonds is 7. The fourth-order valence-corrected chi connectivity index (χ4v) is 2.42. The van der Waals surface area contributed by atoms with Crippen molar-refractivity contribution >= 4 is 0 Å². The zero-order chi connectivity index (χ0) is 15.3. The Balaban J connectivity index is 1.88. The van der Waals surface area contributed by atoms with Gasteiger partial charge in [-0.3, -0.25) is 0 Å². The normalized spacial score (nSPS) is 15.0. The number of hydrogen-bond donors (Lipinski definition) is 1. The van der Waals surface area contributed by atoms with Crippen LogP contribution in [0.5, 0.6) is 0 Å². The van der Waals surface area contributed by atoms with Gasteiger partial charge >= 0.3 is 0 Å². The highest BCUT2D eigenvalue weighted by molar-refractivity contribution is 4.98. The predicted molar refractivity (Wildman–Crippen MR) is 85.1 cm³/mol. The van der Waals surface area contributed by atoms with Gasteiger partial charge in [0, 0.05) is 37.4 Å². The summed E-state index contributed by atoms with van der Waals surface area (Å²) >= 11 is 0. The van der Waals surface area contributed by atoms with Crippen molar-refractivity contribution in [3.05, 3.63) is 42.9 Å². The number of aromatic nitrogens is 2. The van der Waals surface area contributed by atoms with E-state index in [1.54, 1.807) is 6.26 Å². The third kappa shape index (κ3) is 5.05. The molecule has 0 bridgehead atoms. The molecule has 0 saturated heterocycles. The quantitative estimate of drug-likeness (QED) is 0.848. The number of imidazole rings is 1. The molecular weight excluding hydrogens is 262 g/mol. The van der Waals surface area contributed by atoms with E-state index >= 15 is 0 Å². The lowest BCUT2D eigenvalue weighted by molar-refractivity contribution is 0.221. The van der Waals surface area contributed by atoms with Crippen LogP contribution in [0.3, 0.4) is 0 Å². The first-order valence-corrected chi connectivity index (χ1v) is 7.69. The summed E-state index contributed by atoms with van der Waals surface area (Å²) in [4.78, 5) is 4.13. The molecule has 0 aromatic carbocycles. The van der Waals surface area contributed by atoms with Crippen LogP contribution in [-0.4, -0.2) is 21.6 Å². The number of nitrogens with one attached hydrogen (secondary N) is 1. The van der Waals surface area contributed by atoms with Crippen molar-refractivity contribution < 1.29 is 4.42 Å². The summed E-state index contributed by atoms with van der Waals surface area (Å²) in [6, 6.07) is 4.84.